The van der Waals surface area contributed by atoms with Gasteiger partial charge in [-0.1, -0.05) is 13.8 Å². The largest absolute Gasteiger partial charge is 0.494 e. The van der Waals surface area contributed by atoms with Crippen LogP contribution in [0.3, 0.4) is 0 Å². The molecule has 2 aromatic heterocycles. The van der Waals surface area contributed by atoms with Crippen molar-refractivity contribution in [2.75, 3.05) is 26.2 Å². The first kappa shape index (κ1) is 22.6. The Balaban J connectivity index is 1.44. The van der Waals surface area contributed by atoms with Crippen molar-refractivity contribution in [3.05, 3.63) is 33.8 Å². The molecule has 2 amide bonds. The maximum Gasteiger partial charge on any atom is 0.291 e. The molecule has 0 spiro atoms. The van der Waals surface area contributed by atoms with Gasteiger partial charge in [0, 0.05) is 56.4 Å². The highest BCUT2D eigenvalue weighted by molar-refractivity contribution is 5.97. The van der Waals surface area contributed by atoms with E-state index in [1.165, 1.54) is 25.1 Å². The summed E-state index contributed by atoms with van der Waals surface area (Å²) in [5.41, 5.74) is -0.0786. The molecule has 0 atom stereocenters. The fourth-order valence-corrected chi connectivity index (χ4v) is 4.56. The molecular formula is C24H32N6O4. The second-order valence-corrected chi connectivity index (χ2v) is 10.0. The van der Waals surface area contributed by atoms with E-state index in [9.17, 15) is 19.5 Å². The molecule has 2 saturated carbocycles. The van der Waals surface area contributed by atoms with Gasteiger partial charge in [0.15, 0.2) is 5.56 Å². The van der Waals surface area contributed by atoms with E-state index >= 15 is 0 Å². The summed E-state index contributed by atoms with van der Waals surface area (Å²) in [7, 11) is 0. The van der Waals surface area contributed by atoms with Crippen LogP contribution >= 0.6 is 0 Å². The Bertz CT molecular complexity index is 1200. The van der Waals surface area contributed by atoms with Gasteiger partial charge in [-0.15, -0.1) is 0 Å². The SMILES string of the molecule is CC(C)Cn1c(O)c(C(=O)NC2CC2)c(=O)n2ncc(C=CC(=O)N3CCN(C4CC4)CC3)c12. The molecule has 182 valence electrons. The lowest BCUT2D eigenvalue weighted by atomic mass is 10.2. The lowest BCUT2D eigenvalue weighted by Crippen LogP contribution is -2.48. The molecule has 34 heavy (non-hydrogen) atoms. The van der Waals surface area contributed by atoms with Crippen molar-refractivity contribution in [3.8, 4) is 5.88 Å². The standard InChI is InChI=1S/C24H32N6O4/c1-15(2)14-29-22-16(3-8-19(31)28-11-9-27(10-12-28)18-6-7-18)13-25-30(22)24(34)20(23(29)33)21(32)26-17-4-5-17/h3,8,13,15,17-18,33H,4-7,9-12,14H2,1-2H3,(H,26,32). The number of amides is 2. The van der Waals surface area contributed by atoms with Gasteiger partial charge in [0.05, 0.1) is 6.20 Å². The quantitative estimate of drug-likeness (QED) is 0.588. The van der Waals surface area contributed by atoms with E-state index in [1.807, 2.05) is 18.7 Å². The number of fused-ring (bicyclic) bond motifs is 1. The zero-order chi connectivity index (χ0) is 24.0. The Morgan fingerprint density at radius 1 is 1.18 bits per heavy atom. The van der Waals surface area contributed by atoms with Gasteiger partial charge in [-0.25, -0.2) is 0 Å². The molecule has 3 heterocycles. The maximum atomic E-state index is 13.1. The molecule has 0 aromatic carbocycles. The van der Waals surface area contributed by atoms with Crippen molar-refractivity contribution in [1.82, 2.24) is 29.3 Å². The first-order valence-electron chi connectivity index (χ1n) is 12.2. The molecule has 3 fully saturated rings. The smallest absolute Gasteiger partial charge is 0.291 e. The Hall–Kier alpha value is -3.14. The van der Waals surface area contributed by atoms with Crippen LogP contribution in [0.2, 0.25) is 0 Å². The number of rotatable bonds is 7. The highest BCUT2D eigenvalue weighted by atomic mass is 16.3. The molecule has 5 rings (SSSR count). The van der Waals surface area contributed by atoms with Crippen molar-refractivity contribution < 1.29 is 14.7 Å². The second-order valence-electron chi connectivity index (χ2n) is 10.0. The minimum absolute atomic E-state index is 0.0498. The van der Waals surface area contributed by atoms with E-state index < -0.39 is 11.5 Å². The van der Waals surface area contributed by atoms with Crippen LogP contribution in [0.4, 0.5) is 0 Å². The van der Waals surface area contributed by atoms with Gasteiger partial charge in [0.2, 0.25) is 11.8 Å². The Labute approximate surface area is 197 Å². The van der Waals surface area contributed by atoms with Gasteiger partial charge < -0.3 is 15.3 Å². The lowest BCUT2D eigenvalue weighted by molar-refractivity contribution is -0.127. The van der Waals surface area contributed by atoms with E-state index in [1.54, 1.807) is 10.6 Å². The number of aromatic nitrogens is 3. The molecule has 0 unspecified atom stereocenters. The third-order valence-corrected chi connectivity index (χ3v) is 6.69. The number of hydrogen-bond donors (Lipinski definition) is 2. The monoisotopic (exact) mass is 468 g/mol. The molecule has 3 aliphatic rings. The highest BCUT2D eigenvalue weighted by Gasteiger charge is 2.32. The Morgan fingerprint density at radius 2 is 1.88 bits per heavy atom. The van der Waals surface area contributed by atoms with Crippen molar-refractivity contribution >= 4 is 23.5 Å². The van der Waals surface area contributed by atoms with Crippen molar-refractivity contribution in [2.45, 2.75) is 58.2 Å². The van der Waals surface area contributed by atoms with Gasteiger partial charge in [-0.05, 0) is 37.7 Å². The first-order valence-corrected chi connectivity index (χ1v) is 12.2. The number of carbonyl (C=O) groups excluding carboxylic acids is 2. The van der Waals surface area contributed by atoms with Crippen LogP contribution in [0, 0.1) is 5.92 Å². The van der Waals surface area contributed by atoms with E-state index in [-0.39, 0.29) is 29.3 Å². The molecule has 2 aliphatic carbocycles. The first-order chi connectivity index (χ1) is 16.3. The summed E-state index contributed by atoms with van der Waals surface area (Å²) < 4.78 is 2.68. The molecule has 10 heteroatoms. The molecule has 10 nitrogen and oxygen atoms in total. The average Bonchev–Trinajstić information content (AvgIpc) is 3.74. The summed E-state index contributed by atoms with van der Waals surface area (Å²) in [6, 6.07) is 0.752. The summed E-state index contributed by atoms with van der Waals surface area (Å²) in [6.45, 7) is 7.54. The van der Waals surface area contributed by atoms with Crippen LogP contribution in [0.1, 0.15) is 55.5 Å². The van der Waals surface area contributed by atoms with Crippen LogP contribution in [0.5, 0.6) is 5.88 Å². The number of nitrogens with zero attached hydrogens (tertiary/aromatic N) is 5. The van der Waals surface area contributed by atoms with E-state index in [2.05, 4.69) is 15.3 Å². The molecular weight excluding hydrogens is 436 g/mol. The predicted octanol–water partition coefficient (Wildman–Crippen LogP) is 1.07. The van der Waals surface area contributed by atoms with Crippen LogP contribution in [-0.2, 0) is 11.3 Å². The number of hydrogen-bond acceptors (Lipinski definition) is 6. The van der Waals surface area contributed by atoms with Gasteiger partial charge in [0.25, 0.3) is 11.5 Å². The Morgan fingerprint density at radius 3 is 2.50 bits per heavy atom. The molecule has 1 aliphatic heterocycles. The number of nitrogens with one attached hydrogen (secondary N) is 1. The number of piperazine rings is 1. The van der Waals surface area contributed by atoms with Crippen molar-refractivity contribution in [3.63, 3.8) is 0 Å². The molecule has 2 N–H and O–H groups in total. The predicted molar refractivity (Wildman–Crippen MR) is 127 cm³/mol. The van der Waals surface area contributed by atoms with Gasteiger partial charge in [-0.2, -0.15) is 9.61 Å². The van der Waals surface area contributed by atoms with Crippen LogP contribution < -0.4 is 10.9 Å². The summed E-state index contributed by atoms with van der Waals surface area (Å²) >= 11 is 0. The summed E-state index contributed by atoms with van der Waals surface area (Å²) in [6.07, 6.45) is 8.89. The third-order valence-electron chi connectivity index (χ3n) is 6.69. The van der Waals surface area contributed by atoms with Gasteiger partial charge in [-0.3, -0.25) is 23.9 Å². The van der Waals surface area contributed by atoms with Gasteiger partial charge in [0.1, 0.15) is 5.65 Å². The fraction of sp³-hybridized carbons (Fsp3) is 0.583. The zero-order valence-corrected chi connectivity index (χ0v) is 19.7. The summed E-state index contributed by atoms with van der Waals surface area (Å²) in [5, 5.41) is 18.0. The van der Waals surface area contributed by atoms with Crippen molar-refractivity contribution in [2.24, 2.45) is 5.92 Å². The maximum absolute atomic E-state index is 13.1. The van der Waals surface area contributed by atoms with E-state index in [0.717, 1.165) is 30.4 Å². The third kappa shape index (κ3) is 4.46. The number of carbonyl (C=O) groups is 2. The molecule has 1 saturated heterocycles. The Kier molecular flexibility index (Phi) is 5.93. The summed E-state index contributed by atoms with van der Waals surface area (Å²) in [5.74, 6) is -0.913. The van der Waals surface area contributed by atoms with Crippen LogP contribution in [0.25, 0.3) is 11.7 Å². The van der Waals surface area contributed by atoms with E-state index in [0.29, 0.717) is 36.9 Å². The zero-order valence-electron chi connectivity index (χ0n) is 19.7. The van der Waals surface area contributed by atoms with Crippen molar-refractivity contribution in [1.29, 1.82) is 0 Å². The van der Waals surface area contributed by atoms with E-state index in [4.69, 9.17) is 0 Å². The fourth-order valence-electron chi connectivity index (χ4n) is 4.56. The van der Waals surface area contributed by atoms with Crippen LogP contribution in [-0.4, -0.2) is 79.2 Å². The minimum Gasteiger partial charge on any atom is -0.494 e. The van der Waals surface area contributed by atoms with Crippen LogP contribution in [0.15, 0.2) is 17.1 Å². The second kappa shape index (κ2) is 8.90. The number of aromatic hydroxyl groups is 1. The molecule has 0 radical (unpaired) electrons. The average molecular weight is 469 g/mol. The normalized spacial score (nSPS) is 19.4. The molecule has 0 bridgehead atoms. The molecule has 2 aromatic rings. The topological polar surface area (TPSA) is 112 Å². The highest BCUT2D eigenvalue weighted by Crippen LogP contribution is 2.28. The lowest BCUT2D eigenvalue weighted by Gasteiger charge is -2.34. The summed E-state index contributed by atoms with van der Waals surface area (Å²) in [4.78, 5) is 42.8. The minimum atomic E-state index is -0.673. The van der Waals surface area contributed by atoms with Gasteiger partial charge >= 0.3 is 0 Å².